The number of hydrogen-bond donors (Lipinski definition) is 5. The van der Waals surface area contributed by atoms with Crippen molar-refractivity contribution < 1.29 is 17.3 Å². The number of nitrogens with zero attached hydrogens (tertiary/aromatic N) is 10. The molecule has 19 nitrogen and oxygen atoms in total. The molecule has 0 bridgehead atoms. The summed E-state index contributed by atoms with van der Waals surface area (Å²) in [6.45, 7) is 6.67. The van der Waals surface area contributed by atoms with Gasteiger partial charge in [-0.25, -0.2) is 8.42 Å². The van der Waals surface area contributed by atoms with Gasteiger partial charge in [-0.1, -0.05) is 49.7 Å². The van der Waals surface area contributed by atoms with Crippen LogP contribution >= 0.6 is 0 Å². The Balaban J connectivity index is 0.000000159. The summed E-state index contributed by atoms with van der Waals surface area (Å²) in [7, 11) is -3.57. The van der Waals surface area contributed by atoms with Crippen molar-refractivity contribution in [3.05, 3.63) is 102 Å². The quantitative estimate of drug-likeness (QED) is 0.108. The van der Waals surface area contributed by atoms with E-state index in [4.69, 9.17) is 26.0 Å². The number of rotatable bonds is 13. The maximum Gasteiger partial charge on any atom is 0.259 e. The number of aryl methyl sites for hydroxylation is 1. The second kappa shape index (κ2) is 18.8. The van der Waals surface area contributed by atoms with Crippen LogP contribution in [0.3, 0.4) is 0 Å². The summed E-state index contributed by atoms with van der Waals surface area (Å²) >= 11 is 0. The fourth-order valence-electron chi connectivity index (χ4n) is 5.50. The molecule has 302 valence electrons. The average Bonchev–Trinajstić information content (AvgIpc) is 4.04. The molecule has 6 heterocycles. The van der Waals surface area contributed by atoms with Gasteiger partial charge in [0.15, 0.2) is 11.5 Å². The highest BCUT2D eigenvalue weighted by Crippen LogP contribution is 2.19. The summed E-state index contributed by atoms with van der Waals surface area (Å²) in [5, 5.41) is 14.4. The van der Waals surface area contributed by atoms with Gasteiger partial charge in [-0.3, -0.25) is 0 Å². The number of benzene rings is 2. The van der Waals surface area contributed by atoms with Gasteiger partial charge in [0.1, 0.15) is 0 Å². The minimum absolute atomic E-state index is 0.0410. The van der Waals surface area contributed by atoms with E-state index in [2.05, 4.69) is 113 Å². The fourth-order valence-corrected chi connectivity index (χ4v) is 6.00. The van der Waals surface area contributed by atoms with Crippen LogP contribution in [0.15, 0.2) is 99.3 Å². The van der Waals surface area contributed by atoms with E-state index in [-0.39, 0.29) is 23.5 Å². The van der Waals surface area contributed by atoms with Gasteiger partial charge in [-0.05, 0) is 85.8 Å². The Kier molecular flexibility index (Phi) is 13.2. The van der Waals surface area contributed by atoms with Gasteiger partial charge in [-0.2, -0.15) is 38.9 Å². The lowest BCUT2D eigenvalue weighted by atomic mass is 10.1. The number of anilines is 4. The number of sulfone groups is 1. The Morgan fingerprint density at radius 3 is 1.71 bits per heavy atom. The molecule has 0 aliphatic rings. The predicted octanol–water partition coefficient (Wildman–Crippen LogP) is 4.35. The van der Waals surface area contributed by atoms with Crippen molar-refractivity contribution in [3.63, 3.8) is 0 Å². The lowest BCUT2D eigenvalue weighted by molar-refractivity contribution is 0.577. The Labute approximate surface area is 334 Å². The van der Waals surface area contributed by atoms with E-state index in [1.807, 2.05) is 0 Å². The monoisotopic (exact) mass is 807 g/mol. The SMILES string of the molecule is CCCc1ccc(CCNc2nc(N)n3nc(-c4ccco4)nc3n2)cc1.CCNc1ccc(CCN)cc1.CS(=O)(=O)c1nc(N)n2nc(-c3ccco3)nc2n1. The number of nitrogens with one attached hydrogen (secondary N) is 2. The van der Waals surface area contributed by atoms with E-state index >= 15 is 0 Å². The average molecular weight is 808 g/mol. The minimum Gasteiger partial charge on any atom is -0.461 e. The molecule has 6 aromatic heterocycles. The number of furan rings is 2. The van der Waals surface area contributed by atoms with Crippen LogP contribution in [0.2, 0.25) is 0 Å². The van der Waals surface area contributed by atoms with Crippen LogP contribution in [-0.4, -0.2) is 83.4 Å². The smallest absolute Gasteiger partial charge is 0.259 e. The van der Waals surface area contributed by atoms with Gasteiger partial charge < -0.3 is 36.7 Å². The summed E-state index contributed by atoms with van der Waals surface area (Å²) < 4.78 is 35.8. The first-order valence-electron chi connectivity index (χ1n) is 18.5. The van der Waals surface area contributed by atoms with E-state index in [0.29, 0.717) is 35.6 Å². The second-order valence-electron chi connectivity index (χ2n) is 12.8. The molecular weight excluding hydrogens is 763 g/mol. The molecule has 8 rings (SSSR count). The molecule has 0 radical (unpaired) electrons. The van der Waals surface area contributed by atoms with Crippen LogP contribution in [0.5, 0.6) is 0 Å². The molecule has 0 atom stereocenters. The first kappa shape index (κ1) is 40.7. The molecule has 0 aliphatic carbocycles. The standard InChI is InChI=1S/C19H21N7O.C10H16N2.C9H8N6O3S/c1-2-4-13-6-8-14(9-7-13)10-11-21-18-23-17(20)26-19(24-18)22-16(25-26)15-5-3-12-27-15;1-2-12-10-5-3-9(4-6-10)7-8-11;1-19(16,17)9-12-7(10)15-8(13-9)11-6(14-15)5-3-2-4-18-5/h3,5-9,12H,2,4,10-11H2,1H3,(H3,20,21,22,23,24,25);3-6,12H,2,7-8,11H2,1H3;2-4H,1H3,(H2,10,11,12,13,14). The third-order valence-electron chi connectivity index (χ3n) is 8.29. The van der Waals surface area contributed by atoms with Gasteiger partial charge in [0.2, 0.25) is 39.3 Å². The maximum absolute atomic E-state index is 11.4. The highest BCUT2D eigenvalue weighted by molar-refractivity contribution is 7.90. The van der Waals surface area contributed by atoms with E-state index in [1.165, 1.54) is 33.2 Å². The summed E-state index contributed by atoms with van der Waals surface area (Å²) in [5.74, 6) is 2.60. The van der Waals surface area contributed by atoms with Gasteiger partial charge in [0.25, 0.3) is 16.7 Å². The van der Waals surface area contributed by atoms with Crippen LogP contribution in [0.1, 0.15) is 37.0 Å². The zero-order valence-electron chi connectivity index (χ0n) is 32.3. The van der Waals surface area contributed by atoms with Crippen molar-refractivity contribution in [3.8, 4) is 23.2 Å². The van der Waals surface area contributed by atoms with Crippen molar-refractivity contribution in [1.82, 2.24) is 49.1 Å². The molecule has 0 amide bonds. The number of aromatic nitrogens is 10. The third kappa shape index (κ3) is 10.5. The number of nitrogen functional groups attached to an aromatic ring is 2. The maximum atomic E-state index is 11.4. The Morgan fingerprint density at radius 1 is 0.655 bits per heavy atom. The molecule has 0 unspecified atom stereocenters. The highest BCUT2D eigenvalue weighted by atomic mass is 32.2. The molecule has 8 aromatic rings. The van der Waals surface area contributed by atoms with E-state index in [1.54, 1.807) is 30.5 Å². The zero-order chi connectivity index (χ0) is 41.1. The molecule has 58 heavy (non-hydrogen) atoms. The lowest BCUT2D eigenvalue weighted by Gasteiger charge is -2.06. The molecule has 2 aromatic carbocycles. The lowest BCUT2D eigenvalue weighted by Crippen LogP contribution is -2.12. The Hall–Kier alpha value is -6.93. The van der Waals surface area contributed by atoms with E-state index < -0.39 is 15.0 Å². The van der Waals surface area contributed by atoms with E-state index in [9.17, 15) is 8.42 Å². The van der Waals surface area contributed by atoms with Crippen molar-refractivity contribution in [2.75, 3.05) is 48.0 Å². The van der Waals surface area contributed by atoms with Crippen molar-refractivity contribution in [2.45, 2.75) is 44.7 Å². The predicted molar refractivity (Wildman–Crippen MR) is 220 cm³/mol. The van der Waals surface area contributed by atoms with Crippen LogP contribution in [0, 0.1) is 0 Å². The van der Waals surface area contributed by atoms with Gasteiger partial charge in [0.05, 0.1) is 12.5 Å². The Morgan fingerprint density at radius 2 is 1.19 bits per heavy atom. The molecule has 0 spiro atoms. The fraction of sp³-hybridized carbons (Fsp3) is 0.263. The van der Waals surface area contributed by atoms with Crippen molar-refractivity contribution in [1.29, 1.82) is 0 Å². The van der Waals surface area contributed by atoms with Crippen LogP contribution in [-0.2, 0) is 29.1 Å². The number of nitrogens with two attached hydrogens (primary N) is 3. The summed E-state index contributed by atoms with van der Waals surface area (Å²) in [4.78, 5) is 24.5. The molecule has 0 saturated heterocycles. The van der Waals surface area contributed by atoms with Crippen molar-refractivity contribution in [2.24, 2.45) is 5.73 Å². The molecule has 0 saturated carbocycles. The van der Waals surface area contributed by atoms with Crippen LogP contribution in [0.25, 0.3) is 34.7 Å². The van der Waals surface area contributed by atoms with Crippen molar-refractivity contribution >= 4 is 44.9 Å². The minimum atomic E-state index is -3.57. The summed E-state index contributed by atoms with van der Waals surface area (Å²) in [6.07, 6.45) is 8.13. The zero-order valence-corrected chi connectivity index (χ0v) is 33.1. The molecular formula is C38H45N15O4S. The summed E-state index contributed by atoms with van der Waals surface area (Å²) in [6, 6.07) is 24.0. The first-order valence-corrected chi connectivity index (χ1v) is 20.4. The van der Waals surface area contributed by atoms with Crippen LogP contribution < -0.4 is 27.8 Å². The number of hydrogen-bond acceptors (Lipinski definition) is 17. The molecule has 0 fully saturated rings. The second-order valence-corrected chi connectivity index (χ2v) is 14.7. The summed E-state index contributed by atoms with van der Waals surface area (Å²) in [5.41, 5.74) is 22.2. The van der Waals surface area contributed by atoms with E-state index in [0.717, 1.165) is 49.5 Å². The Bertz CT molecular complexity index is 2600. The topological polar surface area (TPSA) is 274 Å². The molecule has 8 N–H and O–H groups in total. The normalized spacial score (nSPS) is 11.2. The molecule has 20 heteroatoms. The molecule has 0 aliphatic heterocycles. The first-order chi connectivity index (χ1) is 28.0. The van der Waals surface area contributed by atoms with Gasteiger partial charge in [0, 0.05) is 25.0 Å². The van der Waals surface area contributed by atoms with Gasteiger partial charge in [-0.15, -0.1) is 10.2 Å². The highest BCUT2D eigenvalue weighted by Gasteiger charge is 2.18. The van der Waals surface area contributed by atoms with Crippen LogP contribution in [0.4, 0.5) is 23.5 Å². The largest absolute Gasteiger partial charge is 0.461 e. The third-order valence-corrected chi connectivity index (χ3v) is 9.13. The number of fused-ring (bicyclic) bond motifs is 2. The van der Waals surface area contributed by atoms with Gasteiger partial charge >= 0.3 is 0 Å².